The van der Waals surface area contributed by atoms with Crippen LogP contribution in [0.2, 0.25) is 5.02 Å². The average molecular weight is 151 g/mol. The molecule has 1 heteroatoms. The lowest BCUT2D eigenvalue weighted by Crippen LogP contribution is -1.76. The highest BCUT2D eigenvalue weighted by atomic mass is 35.5. The molecule has 50 valence electrons. The molecule has 0 N–H and O–H groups in total. The van der Waals surface area contributed by atoms with Crippen molar-refractivity contribution in [3.05, 3.63) is 34.3 Å². The van der Waals surface area contributed by atoms with Gasteiger partial charge < -0.3 is 0 Å². The maximum atomic E-state index is 5.80. The van der Waals surface area contributed by atoms with Crippen LogP contribution in [0.25, 0.3) is 0 Å². The SMILES string of the molecule is C#Cc1ccc(C)c(Cl)c1. The van der Waals surface area contributed by atoms with Crippen LogP contribution in [0.15, 0.2) is 18.2 Å². The second kappa shape index (κ2) is 2.77. The van der Waals surface area contributed by atoms with E-state index in [-0.39, 0.29) is 0 Å². The molecule has 0 nitrogen and oxygen atoms in total. The smallest absolute Gasteiger partial charge is 0.0447 e. The lowest BCUT2D eigenvalue weighted by Gasteiger charge is -1.95. The minimum atomic E-state index is 0.732. The van der Waals surface area contributed by atoms with E-state index in [1.807, 2.05) is 19.1 Å². The molecular formula is C9H7Cl. The number of hydrogen-bond acceptors (Lipinski definition) is 0. The van der Waals surface area contributed by atoms with Gasteiger partial charge in [-0.1, -0.05) is 23.6 Å². The van der Waals surface area contributed by atoms with Crippen molar-refractivity contribution in [3.8, 4) is 12.3 Å². The van der Waals surface area contributed by atoms with E-state index in [0.29, 0.717) is 0 Å². The van der Waals surface area contributed by atoms with Gasteiger partial charge in [0.05, 0.1) is 0 Å². The Labute approximate surface area is 65.8 Å². The van der Waals surface area contributed by atoms with E-state index < -0.39 is 0 Å². The standard InChI is InChI=1S/C9H7Cl/c1-3-8-5-4-7(2)9(10)6-8/h1,4-6H,2H3. The van der Waals surface area contributed by atoms with Gasteiger partial charge in [0.2, 0.25) is 0 Å². The molecule has 0 amide bonds. The van der Waals surface area contributed by atoms with Crippen LogP contribution in [0, 0.1) is 19.3 Å². The summed E-state index contributed by atoms with van der Waals surface area (Å²) >= 11 is 5.80. The molecule has 0 bridgehead atoms. The molecule has 0 radical (unpaired) electrons. The van der Waals surface area contributed by atoms with E-state index in [1.54, 1.807) is 6.07 Å². The van der Waals surface area contributed by atoms with Crippen LogP contribution in [-0.4, -0.2) is 0 Å². The molecule has 0 spiro atoms. The largest absolute Gasteiger partial charge is 0.115 e. The third kappa shape index (κ3) is 1.32. The van der Waals surface area contributed by atoms with Crippen LogP contribution >= 0.6 is 11.6 Å². The first-order valence-electron chi connectivity index (χ1n) is 2.97. The highest BCUT2D eigenvalue weighted by Crippen LogP contribution is 2.15. The van der Waals surface area contributed by atoms with Crippen LogP contribution in [0.1, 0.15) is 11.1 Å². The van der Waals surface area contributed by atoms with Crippen molar-refractivity contribution < 1.29 is 0 Å². The van der Waals surface area contributed by atoms with E-state index in [9.17, 15) is 0 Å². The zero-order valence-electron chi connectivity index (χ0n) is 5.69. The third-order valence-electron chi connectivity index (χ3n) is 1.34. The Balaban J connectivity index is 3.20. The summed E-state index contributed by atoms with van der Waals surface area (Å²) in [5.41, 5.74) is 1.89. The molecule has 1 aromatic carbocycles. The predicted molar refractivity (Wildman–Crippen MR) is 44.1 cm³/mol. The zero-order chi connectivity index (χ0) is 7.56. The normalized spacial score (nSPS) is 8.90. The maximum Gasteiger partial charge on any atom is 0.0447 e. The number of aryl methyl sites for hydroxylation is 1. The summed E-state index contributed by atoms with van der Waals surface area (Å²) in [5, 5.41) is 0.732. The van der Waals surface area contributed by atoms with E-state index in [2.05, 4.69) is 5.92 Å². The Hall–Kier alpha value is -0.930. The molecule has 0 saturated carbocycles. The van der Waals surface area contributed by atoms with Crippen LogP contribution in [-0.2, 0) is 0 Å². The molecule has 10 heavy (non-hydrogen) atoms. The van der Waals surface area contributed by atoms with Gasteiger partial charge in [0.1, 0.15) is 0 Å². The molecule has 1 rings (SSSR count). The average Bonchev–Trinajstić information content (AvgIpc) is 1.95. The van der Waals surface area contributed by atoms with Crippen molar-refractivity contribution >= 4 is 11.6 Å². The van der Waals surface area contributed by atoms with Crippen molar-refractivity contribution in [1.82, 2.24) is 0 Å². The van der Waals surface area contributed by atoms with Crippen molar-refractivity contribution in [3.63, 3.8) is 0 Å². The Morgan fingerprint density at radius 3 is 2.70 bits per heavy atom. The fraction of sp³-hybridized carbons (Fsp3) is 0.111. The summed E-state index contributed by atoms with van der Waals surface area (Å²) in [7, 11) is 0. The van der Waals surface area contributed by atoms with Gasteiger partial charge >= 0.3 is 0 Å². The fourth-order valence-corrected chi connectivity index (χ4v) is 0.863. The Morgan fingerprint density at radius 1 is 1.50 bits per heavy atom. The van der Waals surface area contributed by atoms with Crippen LogP contribution < -0.4 is 0 Å². The van der Waals surface area contributed by atoms with Crippen LogP contribution in [0.4, 0.5) is 0 Å². The monoisotopic (exact) mass is 150 g/mol. The van der Waals surface area contributed by atoms with E-state index in [0.717, 1.165) is 16.1 Å². The molecular weight excluding hydrogens is 144 g/mol. The summed E-state index contributed by atoms with van der Waals surface area (Å²) in [6, 6.07) is 5.58. The fourth-order valence-electron chi connectivity index (χ4n) is 0.683. The summed E-state index contributed by atoms with van der Waals surface area (Å²) < 4.78 is 0. The topological polar surface area (TPSA) is 0 Å². The minimum absolute atomic E-state index is 0.732. The Kier molecular flexibility index (Phi) is 1.99. The van der Waals surface area contributed by atoms with Gasteiger partial charge in [0, 0.05) is 10.6 Å². The van der Waals surface area contributed by atoms with Gasteiger partial charge in [-0.05, 0) is 24.6 Å². The van der Waals surface area contributed by atoms with Gasteiger partial charge in [-0.3, -0.25) is 0 Å². The van der Waals surface area contributed by atoms with Gasteiger partial charge in [0.15, 0.2) is 0 Å². The van der Waals surface area contributed by atoms with Crippen LogP contribution in [0.5, 0.6) is 0 Å². The zero-order valence-corrected chi connectivity index (χ0v) is 6.44. The third-order valence-corrected chi connectivity index (χ3v) is 1.75. The lowest BCUT2D eigenvalue weighted by molar-refractivity contribution is 1.46. The van der Waals surface area contributed by atoms with E-state index >= 15 is 0 Å². The first-order valence-corrected chi connectivity index (χ1v) is 3.34. The number of hydrogen-bond donors (Lipinski definition) is 0. The second-order valence-corrected chi connectivity index (χ2v) is 2.52. The lowest BCUT2D eigenvalue weighted by atomic mass is 10.2. The molecule has 1 aromatic rings. The van der Waals surface area contributed by atoms with E-state index in [4.69, 9.17) is 18.0 Å². The maximum absolute atomic E-state index is 5.80. The van der Waals surface area contributed by atoms with Crippen molar-refractivity contribution in [2.45, 2.75) is 6.92 Å². The van der Waals surface area contributed by atoms with Crippen molar-refractivity contribution in [2.24, 2.45) is 0 Å². The molecule has 0 aliphatic carbocycles. The number of terminal acetylenes is 1. The highest BCUT2D eigenvalue weighted by molar-refractivity contribution is 6.31. The number of benzene rings is 1. The van der Waals surface area contributed by atoms with E-state index in [1.165, 1.54) is 0 Å². The Bertz CT molecular complexity index is 281. The first kappa shape index (κ1) is 7.18. The van der Waals surface area contributed by atoms with Crippen LogP contribution in [0.3, 0.4) is 0 Å². The summed E-state index contributed by atoms with van der Waals surface area (Å²) in [6.07, 6.45) is 5.16. The molecule has 0 unspecified atom stereocenters. The molecule has 0 aliphatic heterocycles. The molecule has 0 fully saturated rings. The molecule has 0 aliphatic rings. The molecule has 0 aromatic heterocycles. The molecule has 0 heterocycles. The van der Waals surface area contributed by atoms with Gasteiger partial charge in [-0.15, -0.1) is 6.42 Å². The summed E-state index contributed by atoms with van der Waals surface area (Å²) in [5.74, 6) is 2.51. The summed E-state index contributed by atoms with van der Waals surface area (Å²) in [4.78, 5) is 0. The van der Waals surface area contributed by atoms with Gasteiger partial charge in [-0.2, -0.15) is 0 Å². The Morgan fingerprint density at radius 2 is 2.20 bits per heavy atom. The van der Waals surface area contributed by atoms with Gasteiger partial charge in [-0.25, -0.2) is 0 Å². The minimum Gasteiger partial charge on any atom is -0.115 e. The first-order chi connectivity index (χ1) is 4.74. The second-order valence-electron chi connectivity index (χ2n) is 2.11. The van der Waals surface area contributed by atoms with Gasteiger partial charge in [0.25, 0.3) is 0 Å². The van der Waals surface area contributed by atoms with Crippen molar-refractivity contribution in [2.75, 3.05) is 0 Å². The predicted octanol–water partition coefficient (Wildman–Crippen LogP) is 2.63. The number of rotatable bonds is 0. The summed E-state index contributed by atoms with van der Waals surface area (Å²) in [6.45, 7) is 1.95. The number of halogens is 1. The molecule has 0 saturated heterocycles. The highest BCUT2D eigenvalue weighted by Gasteiger charge is 1.93. The quantitative estimate of drug-likeness (QED) is 0.499. The van der Waals surface area contributed by atoms with Crippen molar-refractivity contribution in [1.29, 1.82) is 0 Å². The molecule has 0 atom stereocenters.